The second-order valence-electron chi connectivity index (χ2n) is 9.21. The number of aryl methyl sites for hydroxylation is 2. The van der Waals surface area contributed by atoms with Gasteiger partial charge in [0.05, 0.1) is 4.90 Å². The largest absolute Gasteiger partial charge is 0.368 e. The zero-order valence-corrected chi connectivity index (χ0v) is 21.4. The molecule has 1 N–H and O–H groups in total. The summed E-state index contributed by atoms with van der Waals surface area (Å²) in [5, 5.41) is 0. The van der Waals surface area contributed by atoms with Crippen molar-refractivity contribution >= 4 is 21.6 Å². The lowest BCUT2D eigenvalue weighted by molar-refractivity contribution is -0.133. The van der Waals surface area contributed by atoms with E-state index in [1.165, 1.54) is 16.8 Å². The summed E-state index contributed by atoms with van der Waals surface area (Å²) in [6, 6.07) is 21.6. The van der Waals surface area contributed by atoms with Crippen molar-refractivity contribution < 1.29 is 13.2 Å². The van der Waals surface area contributed by atoms with Crippen molar-refractivity contribution in [3.8, 4) is 0 Å². The molecule has 1 aliphatic rings. The number of piperazine rings is 1. The number of amides is 1. The van der Waals surface area contributed by atoms with E-state index < -0.39 is 16.1 Å². The van der Waals surface area contributed by atoms with Gasteiger partial charge in [-0.15, -0.1) is 0 Å². The van der Waals surface area contributed by atoms with Gasteiger partial charge in [-0.3, -0.25) is 4.79 Å². The van der Waals surface area contributed by atoms with Crippen LogP contribution in [0.4, 0.5) is 5.69 Å². The highest BCUT2D eigenvalue weighted by Crippen LogP contribution is 2.24. The molecule has 6 nitrogen and oxygen atoms in total. The van der Waals surface area contributed by atoms with Crippen LogP contribution < -0.4 is 9.62 Å². The van der Waals surface area contributed by atoms with Crippen LogP contribution in [-0.2, 0) is 21.2 Å². The molecule has 0 aliphatic carbocycles. The van der Waals surface area contributed by atoms with E-state index in [2.05, 4.69) is 41.7 Å². The maximum Gasteiger partial charge on any atom is 0.241 e. The van der Waals surface area contributed by atoms with Crippen LogP contribution in [0, 0.1) is 20.8 Å². The van der Waals surface area contributed by atoms with Crippen molar-refractivity contribution in [2.24, 2.45) is 0 Å². The van der Waals surface area contributed by atoms with Gasteiger partial charge in [-0.1, -0.05) is 60.2 Å². The number of sulfonamides is 1. The number of carbonyl (C=O) groups excluding carboxylic acids is 1. The molecule has 1 atom stereocenters. The molecule has 0 aromatic heterocycles. The first kappa shape index (κ1) is 24.9. The summed E-state index contributed by atoms with van der Waals surface area (Å²) >= 11 is 0. The number of anilines is 1. The summed E-state index contributed by atoms with van der Waals surface area (Å²) in [6.45, 7) is 8.64. The van der Waals surface area contributed by atoms with Gasteiger partial charge in [-0.05, 0) is 62.1 Å². The van der Waals surface area contributed by atoms with Crippen LogP contribution in [0.3, 0.4) is 0 Å². The van der Waals surface area contributed by atoms with E-state index in [1.54, 1.807) is 29.2 Å². The Balaban J connectivity index is 1.51. The lowest BCUT2D eigenvalue weighted by atomic mass is 10.0. The first-order chi connectivity index (χ1) is 16.7. The third kappa shape index (κ3) is 5.92. The fraction of sp³-hybridized carbons (Fsp3) is 0.321. The van der Waals surface area contributed by atoms with Crippen molar-refractivity contribution in [3.63, 3.8) is 0 Å². The number of benzene rings is 3. The van der Waals surface area contributed by atoms with Crippen LogP contribution in [0.25, 0.3) is 0 Å². The number of nitrogens with one attached hydrogen (secondary N) is 1. The van der Waals surface area contributed by atoms with Gasteiger partial charge in [0.1, 0.15) is 6.04 Å². The molecular weight excluding hydrogens is 458 g/mol. The van der Waals surface area contributed by atoms with Crippen molar-refractivity contribution in [2.45, 2.75) is 38.1 Å². The minimum Gasteiger partial charge on any atom is -0.368 e. The smallest absolute Gasteiger partial charge is 0.241 e. The Bertz CT molecular complexity index is 1270. The summed E-state index contributed by atoms with van der Waals surface area (Å²) < 4.78 is 29.0. The van der Waals surface area contributed by atoms with Crippen LogP contribution in [-0.4, -0.2) is 51.4 Å². The fourth-order valence-electron chi connectivity index (χ4n) is 4.47. The minimum absolute atomic E-state index is 0.161. The molecule has 0 unspecified atom stereocenters. The fourth-order valence-corrected chi connectivity index (χ4v) is 5.66. The lowest BCUT2D eigenvalue weighted by Gasteiger charge is -2.38. The number of rotatable bonds is 7. The van der Waals surface area contributed by atoms with Crippen LogP contribution >= 0.6 is 0 Å². The van der Waals surface area contributed by atoms with Gasteiger partial charge < -0.3 is 9.80 Å². The van der Waals surface area contributed by atoms with E-state index in [9.17, 15) is 13.2 Å². The van der Waals surface area contributed by atoms with Crippen molar-refractivity contribution in [1.82, 2.24) is 9.62 Å². The highest BCUT2D eigenvalue weighted by molar-refractivity contribution is 7.89. The molecule has 3 aromatic rings. The van der Waals surface area contributed by atoms with Crippen LogP contribution in [0.2, 0.25) is 0 Å². The summed E-state index contributed by atoms with van der Waals surface area (Å²) in [7, 11) is -3.85. The average molecular weight is 492 g/mol. The second kappa shape index (κ2) is 10.6. The third-order valence-corrected chi connectivity index (χ3v) is 8.21. The van der Waals surface area contributed by atoms with Gasteiger partial charge >= 0.3 is 0 Å². The monoisotopic (exact) mass is 491 g/mol. The maximum absolute atomic E-state index is 13.6. The van der Waals surface area contributed by atoms with Gasteiger partial charge in [-0.2, -0.15) is 4.72 Å². The van der Waals surface area contributed by atoms with E-state index in [4.69, 9.17) is 0 Å². The molecule has 0 bridgehead atoms. The van der Waals surface area contributed by atoms with Crippen LogP contribution in [0.5, 0.6) is 0 Å². The molecule has 1 amide bonds. The molecule has 0 spiro atoms. The van der Waals surface area contributed by atoms with Crippen molar-refractivity contribution in [2.75, 3.05) is 31.1 Å². The first-order valence-electron chi connectivity index (χ1n) is 12.0. The Labute approximate surface area is 208 Å². The zero-order valence-electron chi connectivity index (χ0n) is 20.6. The van der Waals surface area contributed by atoms with Gasteiger partial charge in [-0.25, -0.2) is 8.42 Å². The molecule has 1 heterocycles. The lowest BCUT2D eigenvalue weighted by Crippen LogP contribution is -2.55. The molecule has 4 rings (SSSR count). The van der Waals surface area contributed by atoms with E-state index in [1.807, 2.05) is 37.3 Å². The predicted octanol–water partition coefficient (Wildman–Crippen LogP) is 3.85. The summed E-state index contributed by atoms with van der Waals surface area (Å²) in [5.74, 6) is -0.190. The summed E-state index contributed by atoms with van der Waals surface area (Å²) in [6.07, 6.45) is 0.294. The molecule has 1 saturated heterocycles. The van der Waals surface area contributed by atoms with Gasteiger partial charge in [0.2, 0.25) is 15.9 Å². The molecule has 0 radical (unpaired) electrons. The second-order valence-corrected chi connectivity index (χ2v) is 10.9. The van der Waals surface area contributed by atoms with Crippen molar-refractivity contribution in [1.29, 1.82) is 0 Å². The molecule has 0 saturated carbocycles. The molecule has 1 fully saturated rings. The average Bonchev–Trinajstić information content (AvgIpc) is 2.86. The zero-order chi connectivity index (χ0) is 25.0. The molecule has 184 valence electrons. The molecule has 7 heteroatoms. The number of nitrogens with zero attached hydrogens (tertiary/aromatic N) is 2. The Morgan fingerprint density at radius 1 is 0.857 bits per heavy atom. The Kier molecular flexibility index (Phi) is 7.57. The molecular formula is C28H33N3O3S. The van der Waals surface area contributed by atoms with E-state index in [0.717, 1.165) is 11.1 Å². The number of carbonyl (C=O) groups is 1. The standard InChI is InChI=1S/C28H33N3O3S/c1-21-12-14-25(15-13-21)35(33,34)29-26(20-24-9-5-4-6-10-24)28(32)31-18-16-30(17-19-31)27-11-7-8-22(2)23(27)3/h4-15,26,29H,16-20H2,1-3H3/t26-/m0/s1. The molecule has 1 aliphatic heterocycles. The summed E-state index contributed by atoms with van der Waals surface area (Å²) in [4.78, 5) is 17.9. The predicted molar refractivity (Wildman–Crippen MR) is 140 cm³/mol. The quantitative estimate of drug-likeness (QED) is 0.545. The Morgan fingerprint density at radius 2 is 1.51 bits per heavy atom. The molecule has 35 heavy (non-hydrogen) atoms. The van der Waals surface area contributed by atoms with Gasteiger partial charge in [0, 0.05) is 31.9 Å². The minimum atomic E-state index is -3.85. The third-order valence-electron chi connectivity index (χ3n) is 6.72. The normalized spacial score (nSPS) is 15.2. The highest BCUT2D eigenvalue weighted by atomic mass is 32.2. The maximum atomic E-state index is 13.6. The number of hydrogen-bond acceptors (Lipinski definition) is 4. The SMILES string of the molecule is Cc1ccc(S(=O)(=O)N[C@@H](Cc2ccccc2)C(=O)N2CCN(c3cccc(C)c3C)CC2)cc1. The van der Waals surface area contributed by atoms with Crippen LogP contribution in [0.1, 0.15) is 22.3 Å². The van der Waals surface area contributed by atoms with E-state index in [0.29, 0.717) is 32.6 Å². The number of hydrogen-bond donors (Lipinski definition) is 1. The highest BCUT2D eigenvalue weighted by Gasteiger charge is 2.31. The Morgan fingerprint density at radius 3 is 2.17 bits per heavy atom. The van der Waals surface area contributed by atoms with E-state index >= 15 is 0 Å². The topological polar surface area (TPSA) is 69.7 Å². The Hall–Kier alpha value is -3.16. The van der Waals surface area contributed by atoms with E-state index in [-0.39, 0.29) is 10.8 Å². The molecule has 3 aromatic carbocycles. The van der Waals surface area contributed by atoms with Crippen molar-refractivity contribution in [3.05, 3.63) is 95.1 Å². The van der Waals surface area contributed by atoms with Gasteiger partial charge in [0.25, 0.3) is 0 Å². The van der Waals surface area contributed by atoms with Gasteiger partial charge in [0.15, 0.2) is 0 Å². The summed E-state index contributed by atoms with van der Waals surface area (Å²) in [5.41, 5.74) is 5.57. The first-order valence-corrected chi connectivity index (χ1v) is 13.5. The van der Waals surface area contributed by atoms with Crippen LogP contribution in [0.15, 0.2) is 77.7 Å².